The van der Waals surface area contributed by atoms with Crippen molar-refractivity contribution in [3.8, 4) is 0 Å². The molecule has 0 amide bonds. The Labute approximate surface area is 155 Å². The van der Waals surface area contributed by atoms with Crippen molar-refractivity contribution >= 4 is 27.0 Å². The van der Waals surface area contributed by atoms with Gasteiger partial charge in [-0.1, -0.05) is 0 Å². The first-order valence-corrected chi connectivity index (χ1v) is 10.5. The molecule has 10 heteroatoms. The van der Waals surface area contributed by atoms with Crippen molar-refractivity contribution in [2.24, 2.45) is 5.92 Å². The number of imidazole rings is 1. The largest absolute Gasteiger partial charge is 0.480 e. The van der Waals surface area contributed by atoms with Crippen molar-refractivity contribution < 1.29 is 18.3 Å². The van der Waals surface area contributed by atoms with Gasteiger partial charge in [0.2, 0.25) is 10.0 Å². The Kier molecular flexibility index (Phi) is 4.57. The quantitative estimate of drug-likeness (QED) is 0.514. The predicted octanol–water partition coefficient (Wildman–Crippen LogP) is 0.462. The normalized spacial score (nSPS) is 22.9. The molecule has 0 aliphatic heterocycles. The Morgan fingerprint density at radius 1 is 1.22 bits per heavy atom. The van der Waals surface area contributed by atoms with Gasteiger partial charge in [0.1, 0.15) is 0 Å². The van der Waals surface area contributed by atoms with Crippen molar-refractivity contribution in [2.75, 3.05) is 13.1 Å². The first-order valence-electron chi connectivity index (χ1n) is 9.00. The van der Waals surface area contributed by atoms with Crippen LogP contribution in [-0.2, 0) is 14.8 Å². The highest BCUT2D eigenvalue weighted by atomic mass is 32.2. The van der Waals surface area contributed by atoms with E-state index < -0.39 is 16.0 Å². The monoisotopic (exact) mass is 394 g/mol. The lowest BCUT2D eigenvalue weighted by Crippen LogP contribution is -2.55. The third-order valence-electron chi connectivity index (χ3n) is 5.28. The van der Waals surface area contributed by atoms with Crippen LogP contribution in [0.2, 0.25) is 0 Å². The van der Waals surface area contributed by atoms with Crippen LogP contribution >= 0.6 is 0 Å². The molecule has 0 unspecified atom stereocenters. The minimum Gasteiger partial charge on any atom is -0.480 e. The molecule has 2 aliphatic rings. The minimum atomic E-state index is -3.71. The number of carboxylic acid groups (broad SMARTS) is 1. The van der Waals surface area contributed by atoms with Crippen LogP contribution in [0.3, 0.4) is 0 Å². The summed E-state index contributed by atoms with van der Waals surface area (Å²) in [7, 11) is -3.71. The van der Waals surface area contributed by atoms with Gasteiger partial charge in [0, 0.05) is 18.6 Å². The van der Waals surface area contributed by atoms with Gasteiger partial charge in [-0.2, -0.15) is 0 Å². The number of hydrogen-bond donors (Lipinski definition) is 4. The number of aromatic amines is 2. The van der Waals surface area contributed by atoms with Crippen LogP contribution in [0.4, 0.5) is 0 Å². The topological polar surface area (TPSA) is 135 Å². The van der Waals surface area contributed by atoms with E-state index in [0.29, 0.717) is 29.8 Å². The number of hydrogen-bond acceptors (Lipinski definition) is 5. The number of nitrogens with zero attached hydrogens (tertiary/aromatic N) is 1. The molecule has 0 radical (unpaired) electrons. The maximum absolute atomic E-state index is 12.6. The Bertz CT molecular complexity index is 1020. The number of benzene rings is 1. The van der Waals surface area contributed by atoms with E-state index in [0.717, 1.165) is 19.4 Å². The maximum Gasteiger partial charge on any atom is 0.323 e. The molecule has 0 atom stereocenters. The van der Waals surface area contributed by atoms with E-state index in [-0.39, 0.29) is 29.2 Å². The van der Waals surface area contributed by atoms with Gasteiger partial charge in [-0.05, 0) is 49.8 Å². The second-order valence-electron chi connectivity index (χ2n) is 7.50. The van der Waals surface area contributed by atoms with Crippen molar-refractivity contribution in [3.63, 3.8) is 0 Å². The summed E-state index contributed by atoms with van der Waals surface area (Å²) in [6, 6.07) is 4.31. The van der Waals surface area contributed by atoms with Crippen LogP contribution in [0.1, 0.15) is 25.7 Å². The molecule has 2 fully saturated rings. The molecule has 2 aromatic rings. The summed E-state index contributed by atoms with van der Waals surface area (Å²) in [5, 5.41) is 9.09. The summed E-state index contributed by atoms with van der Waals surface area (Å²) in [5.74, 6) is -0.274. The van der Waals surface area contributed by atoms with E-state index in [1.54, 1.807) is 6.07 Å². The molecule has 4 N–H and O–H groups in total. The zero-order valence-corrected chi connectivity index (χ0v) is 15.5. The number of rotatable bonds is 8. The molecule has 4 rings (SSSR count). The fraction of sp³-hybridized carbons (Fsp3) is 0.529. The van der Waals surface area contributed by atoms with E-state index in [9.17, 15) is 18.0 Å². The highest BCUT2D eigenvalue weighted by Gasteiger charge is 2.38. The van der Waals surface area contributed by atoms with Crippen LogP contribution in [0.5, 0.6) is 0 Å². The van der Waals surface area contributed by atoms with Gasteiger partial charge >= 0.3 is 11.7 Å². The molecule has 27 heavy (non-hydrogen) atoms. The first kappa shape index (κ1) is 18.2. The van der Waals surface area contributed by atoms with Gasteiger partial charge in [-0.15, -0.1) is 0 Å². The van der Waals surface area contributed by atoms with Gasteiger partial charge < -0.3 is 15.1 Å². The molecule has 0 spiro atoms. The molecular formula is C17H22N4O5S. The lowest BCUT2D eigenvalue weighted by molar-refractivity contribution is -0.139. The van der Waals surface area contributed by atoms with E-state index in [2.05, 4.69) is 14.7 Å². The standard InChI is InChI=1S/C17H22N4O5S/c22-16(23)9-21(8-10-1-2-10)12-5-11(6-12)20-27(25,26)13-3-4-14-15(7-13)19-17(24)18-14/h3-4,7,10-12,20H,1-2,5-6,8-9H2,(H,22,23)(H2,18,19,24). The fourth-order valence-electron chi connectivity index (χ4n) is 3.60. The average molecular weight is 394 g/mol. The smallest absolute Gasteiger partial charge is 0.323 e. The van der Waals surface area contributed by atoms with Crippen LogP contribution in [0.15, 0.2) is 27.9 Å². The van der Waals surface area contributed by atoms with Gasteiger partial charge in [-0.25, -0.2) is 17.9 Å². The van der Waals surface area contributed by atoms with E-state index in [1.807, 2.05) is 4.90 Å². The number of carboxylic acids is 1. The average Bonchev–Trinajstić information content (AvgIpc) is 3.27. The minimum absolute atomic E-state index is 0.00183. The molecule has 2 aliphatic carbocycles. The molecule has 1 aromatic carbocycles. The Morgan fingerprint density at radius 2 is 1.93 bits per heavy atom. The van der Waals surface area contributed by atoms with Crippen LogP contribution in [0.25, 0.3) is 11.0 Å². The molecule has 9 nitrogen and oxygen atoms in total. The third-order valence-corrected chi connectivity index (χ3v) is 6.80. The highest BCUT2D eigenvalue weighted by Crippen LogP contribution is 2.34. The van der Waals surface area contributed by atoms with Crippen molar-refractivity contribution in [1.82, 2.24) is 19.6 Å². The SMILES string of the molecule is O=C(O)CN(CC1CC1)C1CC(NS(=O)(=O)c2ccc3[nH]c(=O)[nH]c3c2)C1. The Morgan fingerprint density at radius 3 is 2.59 bits per heavy atom. The molecule has 1 heterocycles. The molecule has 146 valence electrons. The van der Waals surface area contributed by atoms with Gasteiger partial charge in [0.25, 0.3) is 0 Å². The van der Waals surface area contributed by atoms with E-state index in [4.69, 9.17) is 5.11 Å². The maximum atomic E-state index is 12.6. The highest BCUT2D eigenvalue weighted by molar-refractivity contribution is 7.89. The number of aromatic nitrogens is 2. The number of H-pyrrole nitrogens is 2. The number of carbonyl (C=O) groups is 1. The Hall–Kier alpha value is -2.17. The number of sulfonamides is 1. The van der Waals surface area contributed by atoms with Crippen molar-refractivity contribution in [2.45, 2.75) is 42.7 Å². The van der Waals surface area contributed by atoms with Gasteiger partial charge in [0.05, 0.1) is 22.5 Å². The summed E-state index contributed by atoms with van der Waals surface area (Å²) in [6.07, 6.45) is 3.48. The zero-order chi connectivity index (χ0) is 19.2. The second-order valence-corrected chi connectivity index (χ2v) is 9.21. The first-order chi connectivity index (χ1) is 12.8. The molecule has 0 bridgehead atoms. The molecular weight excluding hydrogens is 372 g/mol. The van der Waals surface area contributed by atoms with Crippen molar-refractivity contribution in [3.05, 3.63) is 28.7 Å². The Balaban J connectivity index is 1.39. The third kappa shape index (κ3) is 4.07. The van der Waals surface area contributed by atoms with Crippen LogP contribution < -0.4 is 10.4 Å². The zero-order valence-electron chi connectivity index (χ0n) is 14.6. The fourth-order valence-corrected chi connectivity index (χ4v) is 4.88. The van der Waals surface area contributed by atoms with Crippen LogP contribution in [-0.4, -0.2) is 59.5 Å². The summed E-state index contributed by atoms with van der Waals surface area (Å²) >= 11 is 0. The van der Waals surface area contributed by atoms with Crippen LogP contribution in [0, 0.1) is 5.92 Å². The summed E-state index contributed by atoms with van der Waals surface area (Å²) in [6.45, 7) is 0.770. The molecule has 0 saturated heterocycles. The van der Waals surface area contributed by atoms with Crippen molar-refractivity contribution in [1.29, 1.82) is 0 Å². The lowest BCUT2D eigenvalue weighted by atomic mass is 9.86. The summed E-state index contributed by atoms with van der Waals surface area (Å²) in [5.41, 5.74) is 0.599. The lowest BCUT2D eigenvalue weighted by Gasteiger charge is -2.42. The number of fused-ring (bicyclic) bond motifs is 1. The summed E-state index contributed by atoms with van der Waals surface area (Å²) in [4.78, 5) is 29.6. The van der Waals surface area contributed by atoms with Gasteiger partial charge in [0.15, 0.2) is 0 Å². The van der Waals surface area contributed by atoms with Gasteiger partial charge in [-0.3, -0.25) is 9.69 Å². The molecule has 1 aromatic heterocycles. The van der Waals surface area contributed by atoms with E-state index in [1.165, 1.54) is 12.1 Å². The summed E-state index contributed by atoms with van der Waals surface area (Å²) < 4.78 is 27.9. The van der Waals surface area contributed by atoms with E-state index >= 15 is 0 Å². The number of nitrogens with one attached hydrogen (secondary N) is 3. The number of aliphatic carboxylic acids is 1. The second kappa shape index (κ2) is 6.77. The molecule has 2 saturated carbocycles. The predicted molar refractivity (Wildman–Crippen MR) is 98.0 cm³/mol.